The Morgan fingerprint density at radius 2 is 1.76 bits per heavy atom. The topological polar surface area (TPSA) is 52.4 Å². The van der Waals surface area contributed by atoms with Crippen LogP contribution in [0.1, 0.15) is 22.3 Å². The molecule has 0 aromatic heterocycles. The number of rotatable bonds is 4. The summed E-state index contributed by atoms with van der Waals surface area (Å²) in [4.78, 5) is 10.4. The number of hydrogen-bond donors (Lipinski definition) is 0. The number of non-ortho nitro benzene ring substituents is 1. The van der Waals surface area contributed by atoms with Crippen molar-refractivity contribution in [3.05, 3.63) is 67.7 Å². The van der Waals surface area contributed by atoms with E-state index in [1.165, 1.54) is 23.8 Å². The predicted molar refractivity (Wildman–Crippen MR) is 83.1 cm³/mol. The maximum atomic E-state index is 10.8. The van der Waals surface area contributed by atoms with Gasteiger partial charge >= 0.3 is 0 Å². The van der Waals surface area contributed by atoms with Crippen molar-refractivity contribution < 1.29 is 9.66 Å². The number of hydrogen-bond acceptors (Lipinski definition) is 3. The van der Waals surface area contributed by atoms with Crippen molar-refractivity contribution in [2.24, 2.45) is 0 Å². The number of ether oxygens (including phenoxy) is 1. The van der Waals surface area contributed by atoms with Crippen LogP contribution in [0.25, 0.3) is 0 Å². The summed E-state index contributed by atoms with van der Waals surface area (Å²) in [6.07, 6.45) is 0. The summed E-state index contributed by atoms with van der Waals surface area (Å²) >= 11 is 6.07. The first-order valence-corrected chi connectivity index (χ1v) is 6.89. The van der Waals surface area contributed by atoms with Gasteiger partial charge in [-0.05, 0) is 38.0 Å². The minimum absolute atomic E-state index is 0.00958. The Bertz CT molecular complexity index is 675. The van der Waals surface area contributed by atoms with Crippen LogP contribution in [-0.2, 0) is 6.61 Å². The van der Waals surface area contributed by atoms with Gasteiger partial charge in [-0.25, -0.2) is 0 Å². The van der Waals surface area contributed by atoms with Crippen LogP contribution in [0.3, 0.4) is 0 Å². The Labute approximate surface area is 128 Å². The van der Waals surface area contributed by atoms with Gasteiger partial charge in [0.15, 0.2) is 0 Å². The number of aryl methyl sites for hydroxylation is 3. The van der Waals surface area contributed by atoms with Crippen molar-refractivity contribution in [2.75, 3.05) is 0 Å². The highest BCUT2D eigenvalue weighted by molar-refractivity contribution is 6.31. The van der Waals surface area contributed by atoms with Gasteiger partial charge < -0.3 is 4.74 Å². The Balaban J connectivity index is 2.24. The average Bonchev–Trinajstić information content (AvgIpc) is 2.39. The summed E-state index contributed by atoms with van der Waals surface area (Å²) < 4.78 is 5.82. The molecule has 2 rings (SSSR count). The third-order valence-electron chi connectivity index (χ3n) is 3.22. The molecule has 0 unspecified atom stereocenters. The molecular weight excluding hydrogens is 290 g/mol. The molecule has 0 bridgehead atoms. The zero-order valence-corrected chi connectivity index (χ0v) is 12.9. The summed E-state index contributed by atoms with van der Waals surface area (Å²) in [6.45, 7) is 6.18. The molecule has 0 aliphatic rings. The highest BCUT2D eigenvalue weighted by atomic mass is 35.5. The fourth-order valence-electron chi connectivity index (χ4n) is 2.33. The number of nitrogens with zero attached hydrogens (tertiary/aromatic N) is 1. The minimum atomic E-state index is -0.442. The molecule has 0 aliphatic heterocycles. The molecular formula is C16H16ClNO3. The molecule has 21 heavy (non-hydrogen) atoms. The lowest BCUT2D eigenvalue weighted by Crippen LogP contribution is -2.01. The number of nitro groups is 1. The predicted octanol–water partition coefficient (Wildman–Crippen LogP) is 4.75. The van der Waals surface area contributed by atoms with E-state index in [2.05, 4.69) is 0 Å². The van der Waals surface area contributed by atoms with Crippen molar-refractivity contribution >= 4 is 17.3 Å². The highest BCUT2D eigenvalue weighted by Gasteiger charge is 2.12. The van der Waals surface area contributed by atoms with E-state index in [-0.39, 0.29) is 12.3 Å². The molecule has 110 valence electrons. The van der Waals surface area contributed by atoms with Crippen LogP contribution in [0.4, 0.5) is 5.69 Å². The molecule has 0 aliphatic carbocycles. The number of halogens is 1. The van der Waals surface area contributed by atoms with E-state index >= 15 is 0 Å². The fourth-order valence-corrected chi connectivity index (χ4v) is 2.50. The maximum Gasteiger partial charge on any atom is 0.269 e. The van der Waals surface area contributed by atoms with Gasteiger partial charge in [-0.15, -0.1) is 0 Å². The number of nitro benzene ring substituents is 1. The minimum Gasteiger partial charge on any atom is -0.488 e. The van der Waals surface area contributed by atoms with Gasteiger partial charge in [0.25, 0.3) is 5.69 Å². The van der Waals surface area contributed by atoms with Gasteiger partial charge in [0.2, 0.25) is 0 Å². The zero-order chi connectivity index (χ0) is 15.6. The molecule has 0 saturated heterocycles. The Hall–Kier alpha value is -2.07. The van der Waals surface area contributed by atoms with E-state index in [0.29, 0.717) is 10.6 Å². The molecule has 0 spiro atoms. The standard InChI is InChI=1S/C16H16ClNO3/c1-10-6-11(2)16(12(3)7-10)21-9-13-8-14(18(19)20)4-5-15(13)17/h4-8H,9H2,1-3H3. The van der Waals surface area contributed by atoms with Crippen LogP contribution in [0.15, 0.2) is 30.3 Å². The second-order valence-corrected chi connectivity index (χ2v) is 5.46. The van der Waals surface area contributed by atoms with E-state index in [1.807, 2.05) is 32.9 Å². The molecule has 0 heterocycles. The second-order valence-electron chi connectivity index (χ2n) is 5.05. The first-order chi connectivity index (χ1) is 9.88. The highest BCUT2D eigenvalue weighted by Crippen LogP contribution is 2.28. The first kappa shape index (κ1) is 15.3. The van der Waals surface area contributed by atoms with Crippen molar-refractivity contribution in [3.8, 4) is 5.75 Å². The van der Waals surface area contributed by atoms with Crippen LogP contribution in [-0.4, -0.2) is 4.92 Å². The van der Waals surface area contributed by atoms with E-state index in [0.717, 1.165) is 16.9 Å². The molecule has 0 radical (unpaired) electrons. The van der Waals surface area contributed by atoms with Crippen molar-refractivity contribution in [3.63, 3.8) is 0 Å². The first-order valence-electron chi connectivity index (χ1n) is 6.52. The van der Waals surface area contributed by atoms with E-state index in [4.69, 9.17) is 16.3 Å². The van der Waals surface area contributed by atoms with Gasteiger partial charge in [0, 0.05) is 22.7 Å². The van der Waals surface area contributed by atoms with Crippen molar-refractivity contribution in [2.45, 2.75) is 27.4 Å². The summed E-state index contributed by atoms with van der Waals surface area (Å²) in [5.74, 6) is 0.795. The van der Waals surface area contributed by atoms with Crippen LogP contribution in [0, 0.1) is 30.9 Å². The zero-order valence-electron chi connectivity index (χ0n) is 12.1. The van der Waals surface area contributed by atoms with Gasteiger partial charge in [-0.3, -0.25) is 10.1 Å². The van der Waals surface area contributed by atoms with Crippen molar-refractivity contribution in [1.82, 2.24) is 0 Å². The fraction of sp³-hybridized carbons (Fsp3) is 0.250. The average molecular weight is 306 g/mol. The van der Waals surface area contributed by atoms with Gasteiger partial charge in [0.1, 0.15) is 12.4 Å². The van der Waals surface area contributed by atoms with Gasteiger partial charge in [0.05, 0.1) is 4.92 Å². The molecule has 2 aromatic rings. The molecule has 5 heteroatoms. The quantitative estimate of drug-likeness (QED) is 0.605. The largest absolute Gasteiger partial charge is 0.488 e. The summed E-state index contributed by atoms with van der Waals surface area (Å²) in [6, 6.07) is 8.43. The second kappa shape index (κ2) is 6.14. The molecule has 4 nitrogen and oxygen atoms in total. The van der Waals surface area contributed by atoms with Crippen LogP contribution >= 0.6 is 11.6 Å². The van der Waals surface area contributed by atoms with E-state index in [1.54, 1.807) is 0 Å². The van der Waals surface area contributed by atoms with E-state index in [9.17, 15) is 10.1 Å². The Morgan fingerprint density at radius 3 is 2.33 bits per heavy atom. The monoisotopic (exact) mass is 305 g/mol. The maximum absolute atomic E-state index is 10.8. The normalized spacial score (nSPS) is 10.5. The lowest BCUT2D eigenvalue weighted by molar-refractivity contribution is -0.384. The SMILES string of the molecule is Cc1cc(C)c(OCc2cc([N+](=O)[O-])ccc2Cl)c(C)c1. The third-order valence-corrected chi connectivity index (χ3v) is 3.59. The molecule has 0 atom stereocenters. The molecule has 2 aromatic carbocycles. The van der Waals surface area contributed by atoms with Crippen molar-refractivity contribution in [1.29, 1.82) is 0 Å². The molecule has 0 N–H and O–H groups in total. The number of benzene rings is 2. The van der Waals surface area contributed by atoms with Crippen LogP contribution in [0.2, 0.25) is 5.02 Å². The summed E-state index contributed by atoms with van der Waals surface area (Å²) in [5.41, 5.74) is 3.86. The van der Waals surface area contributed by atoms with E-state index < -0.39 is 4.92 Å². The summed E-state index contributed by atoms with van der Waals surface area (Å²) in [5, 5.41) is 11.3. The Morgan fingerprint density at radius 1 is 1.14 bits per heavy atom. The lowest BCUT2D eigenvalue weighted by Gasteiger charge is -2.13. The lowest BCUT2D eigenvalue weighted by atomic mass is 10.1. The summed E-state index contributed by atoms with van der Waals surface area (Å²) in [7, 11) is 0. The third kappa shape index (κ3) is 3.52. The smallest absolute Gasteiger partial charge is 0.269 e. The Kier molecular flexibility index (Phi) is 4.48. The van der Waals surface area contributed by atoms with Gasteiger partial charge in [-0.1, -0.05) is 29.3 Å². The van der Waals surface area contributed by atoms with Gasteiger partial charge in [-0.2, -0.15) is 0 Å². The molecule has 0 fully saturated rings. The molecule has 0 saturated carbocycles. The van der Waals surface area contributed by atoms with Crippen LogP contribution < -0.4 is 4.74 Å². The molecule has 0 amide bonds. The van der Waals surface area contributed by atoms with Crippen LogP contribution in [0.5, 0.6) is 5.75 Å².